The van der Waals surface area contributed by atoms with Crippen molar-refractivity contribution in [3.05, 3.63) is 64.2 Å². The van der Waals surface area contributed by atoms with Crippen molar-refractivity contribution in [2.24, 2.45) is 4.99 Å². The van der Waals surface area contributed by atoms with Gasteiger partial charge in [0.1, 0.15) is 17.9 Å². The molecule has 234 valence electrons. The first kappa shape index (κ1) is 34.6. The molecule has 1 atom stereocenters. The van der Waals surface area contributed by atoms with Crippen LogP contribution in [0.5, 0.6) is 5.75 Å². The number of hydrogen-bond donors (Lipinski definition) is 0. The third-order valence-electron chi connectivity index (χ3n) is 6.06. The van der Waals surface area contributed by atoms with E-state index in [4.69, 9.17) is 34.6 Å². The van der Waals surface area contributed by atoms with Gasteiger partial charge in [0.25, 0.3) is 0 Å². The van der Waals surface area contributed by atoms with Gasteiger partial charge in [0.15, 0.2) is 5.90 Å². The van der Waals surface area contributed by atoms with Crippen LogP contribution < -0.4 is 4.74 Å². The summed E-state index contributed by atoms with van der Waals surface area (Å²) in [6, 6.07) is 11.6. The molecule has 0 N–H and O–H groups in total. The minimum atomic E-state index is -4.56. The lowest BCUT2D eigenvalue weighted by atomic mass is 9.93. The van der Waals surface area contributed by atoms with E-state index in [9.17, 15) is 13.2 Å². The van der Waals surface area contributed by atoms with Crippen LogP contribution in [-0.4, -0.2) is 42.5 Å². The molecule has 1 heterocycles. The maximum Gasteiger partial charge on any atom is 0.419 e. The van der Waals surface area contributed by atoms with Gasteiger partial charge >= 0.3 is 14.8 Å². The third-order valence-corrected chi connectivity index (χ3v) is 8.03. The van der Waals surface area contributed by atoms with Crippen LogP contribution in [0.2, 0.25) is 5.02 Å². The van der Waals surface area contributed by atoms with Gasteiger partial charge < -0.3 is 23.0 Å². The van der Waals surface area contributed by atoms with Crippen LogP contribution in [0.4, 0.5) is 13.2 Å². The van der Waals surface area contributed by atoms with Crippen molar-refractivity contribution >= 4 is 26.1 Å². The van der Waals surface area contributed by atoms with Crippen LogP contribution in [0, 0.1) is 0 Å². The van der Waals surface area contributed by atoms with Crippen LogP contribution in [0.1, 0.15) is 78.0 Å². The molecule has 0 aromatic heterocycles. The summed E-state index contributed by atoms with van der Waals surface area (Å²) in [7, 11) is -1.71. The molecule has 0 fully saturated rings. The molecule has 2 aromatic carbocycles. The number of ether oxygens (including phenoxy) is 2. The highest BCUT2D eigenvalue weighted by Crippen LogP contribution is 2.48. The Balaban J connectivity index is 1.67. The first-order valence-electron chi connectivity index (χ1n) is 14.0. The molecular weight excluding hydrogens is 590 g/mol. The summed E-state index contributed by atoms with van der Waals surface area (Å²) in [6.45, 7) is 13.8. The molecule has 1 aliphatic rings. The molecule has 42 heavy (non-hydrogen) atoms. The van der Waals surface area contributed by atoms with Crippen LogP contribution in [0.25, 0.3) is 0 Å². The van der Waals surface area contributed by atoms with Crippen molar-refractivity contribution in [3.63, 3.8) is 0 Å². The largest absolute Gasteiger partial charge is 0.493 e. The number of rotatable bonds is 13. The lowest BCUT2D eigenvalue weighted by Gasteiger charge is -2.32. The first-order chi connectivity index (χ1) is 19.4. The Morgan fingerprint density at radius 1 is 0.952 bits per heavy atom. The predicted molar refractivity (Wildman–Crippen MR) is 161 cm³/mol. The molecule has 11 heteroatoms. The van der Waals surface area contributed by atoms with E-state index < -0.39 is 37.1 Å². The maximum absolute atomic E-state index is 14.0. The summed E-state index contributed by atoms with van der Waals surface area (Å²) < 4.78 is 71.5. The molecule has 0 saturated carbocycles. The van der Waals surface area contributed by atoms with Gasteiger partial charge in [0, 0.05) is 11.9 Å². The van der Waals surface area contributed by atoms with Gasteiger partial charge in [-0.15, -0.1) is 0 Å². The molecule has 0 saturated heterocycles. The Morgan fingerprint density at radius 3 is 2.19 bits per heavy atom. The Morgan fingerprint density at radius 2 is 1.62 bits per heavy atom. The smallest absolute Gasteiger partial charge is 0.419 e. The van der Waals surface area contributed by atoms with E-state index in [1.54, 1.807) is 19.1 Å². The normalized spacial score (nSPS) is 17.9. The summed E-state index contributed by atoms with van der Waals surface area (Å²) in [5, 5.41) is 0.624. The fourth-order valence-corrected chi connectivity index (χ4v) is 5.81. The van der Waals surface area contributed by atoms with Crippen molar-refractivity contribution < 1.29 is 36.2 Å². The fraction of sp³-hybridized carbons (Fsp3) is 0.581. The number of nitrogens with zero attached hydrogens (tertiary/aromatic N) is 1. The van der Waals surface area contributed by atoms with E-state index in [1.165, 1.54) is 6.07 Å². The fourth-order valence-electron chi connectivity index (χ4n) is 4.21. The Kier molecular flexibility index (Phi) is 11.7. The van der Waals surface area contributed by atoms with Crippen molar-refractivity contribution in [2.75, 3.05) is 19.8 Å². The predicted octanol–water partition coefficient (Wildman–Crippen LogP) is 9.36. The average Bonchev–Trinajstić information content (AvgIpc) is 3.23. The Bertz CT molecular complexity index is 1200. The number of hydrogen-bond acceptors (Lipinski definition) is 6. The molecule has 1 aliphatic heterocycles. The SMILES string of the molecule is CC1=NC(CCc2ccc(OCCCc3cccc(Cl)c3)c(C(F)(F)F)c2)(COP(OC(C)(C)C)OC(C)(C)C)CO1. The van der Waals surface area contributed by atoms with Crippen LogP contribution >= 0.6 is 20.2 Å². The molecule has 1 unspecified atom stereocenters. The highest BCUT2D eigenvalue weighted by Gasteiger charge is 2.39. The van der Waals surface area contributed by atoms with Gasteiger partial charge in [-0.05, 0) is 103 Å². The van der Waals surface area contributed by atoms with Gasteiger partial charge in [-0.2, -0.15) is 13.2 Å². The van der Waals surface area contributed by atoms with Crippen molar-refractivity contribution in [1.82, 2.24) is 0 Å². The second kappa shape index (κ2) is 14.3. The van der Waals surface area contributed by atoms with Crippen molar-refractivity contribution in [1.29, 1.82) is 0 Å². The molecule has 0 amide bonds. The summed E-state index contributed by atoms with van der Waals surface area (Å²) in [5.74, 6) is 0.326. The summed E-state index contributed by atoms with van der Waals surface area (Å²) >= 11 is 6.01. The highest BCUT2D eigenvalue weighted by atomic mass is 35.5. The minimum Gasteiger partial charge on any atom is -0.493 e. The lowest BCUT2D eigenvalue weighted by molar-refractivity contribution is -0.139. The first-order valence-corrected chi connectivity index (χ1v) is 15.5. The molecule has 6 nitrogen and oxygen atoms in total. The number of aliphatic imine (C=N–C) groups is 1. The summed E-state index contributed by atoms with van der Waals surface area (Å²) in [5.41, 5.74) is -1.04. The van der Waals surface area contributed by atoms with Gasteiger partial charge in [-0.25, -0.2) is 4.99 Å². The monoisotopic (exact) mass is 631 g/mol. The molecular formula is C31H42ClF3NO5P. The summed E-state index contributed by atoms with van der Waals surface area (Å²) in [6.07, 6.45) is -2.61. The van der Waals surface area contributed by atoms with Gasteiger partial charge in [0.05, 0.1) is 30.0 Å². The quantitative estimate of drug-likeness (QED) is 0.163. The van der Waals surface area contributed by atoms with E-state index in [-0.39, 0.29) is 25.6 Å². The van der Waals surface area contributed by atoms with E-state index in [0.29, 0.717) is 42.2 Å². The zero-order chi connectivity index (χ0) is 31.2. The molecule has 0 spiro atoms. The van der Waals surface area contributed by atoms with E-state index in [2.05, 4.69) is 4.99 Å². The number of halogens is 4. The number of alkyl halides is 3. The minimum absolute atomic E-state index is 0.141. The maximum atomic E-state index is 14.0. The average molecular weight is 632 g/mol. The lowest BCUT2D eigenvalue weighted by Crippen LogP contribution is -2.35. The molecule has 0 radical (unpaired) electrons. The van der Waals surface area contributed by atoms with E-state index in [0.717, 1.165) is 11.6 Å². The standard InChI is InChI=1S/C31H42ClF3NO5P/c1-22-36-30(20-38-22,21-39-42(40-28(2,3)4)41-29(5,6)7)16-15-24-13-14-27(26(19-24)31(33,34)35)37-17-9-11-23-10-8-12-25(32)18-23/h8,10,12-14,18-19H,9,11,15-17,20-21H2,1-7H3. The van der Waals surface area contributed by atoms with E-state index >= 15 is 0 Å². The summed E-state index contributed by atoms with van der Waals surface area (Å²) in [4.78, 5) is 4.68. The third kappa shape index (κ3) is 11.6. The van der Waals surface area contributed by atoms with Crippen molar-refractivity contribution in [2.45, 2.75) is 97.1 Å². The molecule has 2 aromatic rings. The van der Waals surface area contributed by atoms with Crippen LogP contribution in [-0.2, 0) is 37.3 Å². The number of aryl methyl sites for hydroxylation is 2. The van der Waals surface area contributed by atoms with E-state index in [1.807, 2.05) is 59.7 Å². The topological polar surface area (TPSA) is 58.5 Å². The molecule has 0 bridgehead atoms. The van der Waals surface area contributed by atoms with Crippen LogP contribution in [0.3, 0.4) is 0 Å². The van der Waals surface area contributed by atoms with Gasteiger partial charge in [-0.1, -0.05) is 29.8 Å². The highest BCUT2D eigenvalue weighted by molar-refractivity contribution is 7.41. The van der Waals surface area contributed by atoms with Crippen molar-refractivity contribution in [3.8, 4) is 5.75 Å². The Hall–Kier alpha value is -1.90. The number of benzene rings is 2. The van der Waals surface area contributed by atoms with Crippen LogP contribution in [0.15, 0.2) is 47.5 Å². The van der Waals surface area contributed by atoms with Gasteiger partial charge in [0.2, 0.25) is 0 Å². The zero-order valence-corrected chi connectivity index (χ0v) is 27.1. The zero-order valence-electron chi connectivity index (χ0n) is 25.4. The Labute approximate surface area is 253 Å². The second-order valence-electron chi connectivity index (χ2n) is 12.5. The molecule has 0 aliphatic carbocycles. The van der Waals surface area contributed by atoms with Gasteiger partial charge in [-0.3, -0.25) is 0 Å². The molecule has 3 rings (SSSR count). The second-order valence-corrected chi connectivity index (χ2v) is 14.0.